The quantitative estimate of drug-likeness (QED) is 0.751. The fourth-order valence-corrected chi connectivity index (χ4v) is 3.20. The summed E-state index contributed by atoms with van der Waals surface area (Å²) < 4.78 is 3.48. The third-order valence-electron chi connectivity index (χ3n) is 3.47. The molecule has 0 fully saturated rings. The number of rotatable bonds is 2. The van der Waals surface area contributed by atoms with Crippen LogP contribution < -0.4 is 10.9 Å². The van der Waals surface area contributed by atoms with Gasteiger partial charge in [0.25, 0.3) is 5.56 Å². The van der Waals surface area contributed by atoms with Crippen LogP contribution in [0.5, 0.6) is 0 Å². The smallest absolute Gasteiger partial charge is 0.267 e. The minimum Gasteiger partial charge on any atom is -0.312 e. The Hall–Kier alpha value is -1.99. The van der Waals surface area contributed by atoms with Crippen LogP contribution in [0.3, 0.4) is 0 Å². The molecule has 6 nitrogen and oxygen atoms in total. The van der Waals surface area contributed by atoms with E-state index in [9.17, 15) is 4.79 Å². The van der Waals surface area contributed by atoms with Crippen molar-refractivity contribution in [1.82, 2.24) is 24.5 Å². The SMILES string of the molecule is O=c1cc2c(nn1Cc1cn3ccsc3n1)CCNC2. The summed E-state index contributed by atoms with van der Waals surface area (Å²) in [7, 11) is 0. The molecule has 0 saturated carbocycles. The average Bonchev–Trinajstić information content (AvgIpc) is 3.00. The number of fused-ring (bicyclic) bond motifs is 2. The van der Waals surface area contributed by atoms with Gasteiger partial charge in [0.05, 0.1) is 17.9 Å². The lowest BCUT2D eigenvalue weighted by atomic mass is 10.1. The van der Waals surface area contributed by atoms with E-state index in [4.69, 9.17) is 0 Å². The van der Waals surface area contributed by atoms with Crippen LogP contribution in [-0.4, -0.2) is 25.7 Å². The Kier molecular flexibility index (Phi) is 2.68. The first-order valence-corrected chi connectivity index (χ1v) is 7.39. The minimum absolute atomic E-state index is 0.0659. The van der Waals surface area contributed by atoms with Gasteiger partial charge in [-0.3, -0.25) is 9.20 Å². The fourth-order valence-electron chi connectivity index (χ4n) is 2.48. The van der Waals surface area contributed by atoms with Crippen molar-refractivity contribution >= 4 is 16.3 Å². The predicted octanol–water partition coefficient (Wildman–Crippen LogP) is 0.646. The van der Waals surface area contributed by atoms with Crippen LogP contribution in [0.1, 0.15) is 17.0 Å². The lowest BCUT2D eigenvalue weighted by Gasteiger charge is -2.16. The average molecular weight is 287 g/mol. The summed E-state index contributed by atoms with van der Waals surface area (Å²) in [5, 5.41) is 9.72. The van der Waals surface area contributed by atoms with Gasteiger partial charge in [-0.25, -0.2) is 9.67 Å². The fraction of sp³-hybridized carbons (Fsp3) is 0.308. The zero-order valence-corrected chi connectivity index (χ0v) is 11.6. The van der Waals surface area contributed by atoms with Crippen LogP contribution in [0.4, 0.5) is 0 Å². The maximum atomic E-state index is 12.1. The van der Waals surface area contributed by atoms with Gasteiger partial charge in [0, 0.05) is 43.4 Å². The molecule has 1 aliphatic heterocycles. The van der Waals surface area contributed by atoms with Gasteiger partial charge >= 0.3 is 0 Å². The van der Waals surface area contributed by atoms with Crippen molar-refractivity contribution in [2.45, 2.75) is 19.5 Å². The molecule has 1 aliphatic rings. The molecule has 0 aromatic carbocycles. The third kappa shape index (κ3) is 1.95. The van der Waals surface area contributed by atoms with Gasteiger partial charge in [-0.2, -0.15) is 5.10 Å². The highest BCUT2D eigenvalue weighted by Gasteiger charge is 2.13. The van der Waals surface area contributed by atoms with Crippen molar-refractivity contribution in [2.75, 3.05) is 6.54 Å². The monoisotopic (exact) mass is 287 g/mol. The lowest BCUT2D eigenvalue weighted by Crippen LogP contribution is -2.31. The summed E-state index contributed by atoms with van der Waals surface area (Å²) in [6.45, 7) is 2.07. The predicted molar refractivity (Wildman–Crippen MR) is 76.1 cm³/mol. The maximum absolute atomic E-state index is 12.1. The second kappa shape index (κ2) is 4.53. The molecule has 0 spiro atoms. The highest BCUT2D eigenvalue weighted by atomic mass is 32.1. The zero-order chi connectivity index (χ0) is 13.5. The van der Waals surface area contributed by atoms with E-state index < -0.39 is 0 Å². The van der Waals surface area contributed by atoms with Crippen LogP contribution in [0.15, 0.2) is 28.6 Å². The molecule has 7 heteroatoms. The number of hydrogen-bond donors (Lipinski definition) is 1. The first kappa shape index (κ1) is 11.8. The Morgan fingerprint density at radius 3 is 3.30 bits per heavy atom. The summed E-state index contributed by atoms with van der Waals surface area (Å²) >= 11 is 1.58. The molecule has 0 amide bonds. The Labute approximate surface area is 118 Å². The van der Waals surface area contributed by atoms with Crippen LogP contribution in [0, 0.1) is 0 Å². The molecular formula is C13H13N5OS. The molecule has 3 aromatic rings. The first-order chi connectivity index (χ1) is 9.79. The van der Waals surface area contributed by atoms with E-state index in [2.05, 4.69) is 15.4 Å². The Morgan fingerprint density at radius 2 is 2.40 bits per heavy atom. The van der Waals surface area contributed by atoms with E-state index in [0.717, 1.165) is 41.4 Å². The Bertz CT molecular complexity index is 802. The molecular weight excluding hydrogens is 274 g/mol. The molecule has 102 valence electrons. The summed E-state index contributed by atoms with van der Waals surface area (Å²) in [6, 6.07) is 1.69. The molecule has 0 aliphatic carbocycles. The molecule has 4 heterocycles. The van der Waals surface area contributed by atoms with Crippen LogP contribution in [0.2, 0.25) is 0 Å². The van der Waals surface area contributed by atoms with Gasteiger partial charge in [-0.1, -0.05) is 0 Å². The number of nitrogens with zero attached hydrogens (tertiary/aromatic N) is 4. The molecule has 0 unspecified atom stereocenters. The topological polar surface area (TPSA) is 64.2 Å². The van der Waals surface area contributed by atoms with Crippen LogP contribution in [-0.2, 0) is 19.5 Å². The molecule has 0 bridgehead atoms. The second-order valence-electron chi connectivity index (χ2n) is 4.86. The molecule has 0 saturated heterocycles. The zero-order valence-electron chi connectivity index (χ0n) is 10.7. The van der Waals surface area contributed by atoms with Gasteiger partial charge in [-0.05, 0) is 5.56 Å². The largest absolute Gasteiger partial charge is 0.312 e. The minimum atomic E-state index is -0.0659. The number of hydrogen-bond acceptors (Lipinski definition) is 5. The van der Waals surface area contributed by atoms with Crippen molar-refractivity contribution in [3.63, 3.8) is 0 Å². The molecule has 3 aromatic heterocycles. The van der Waals surface area contributed by atoms with Gasteiger partial charge in [0.1, 0.15) is 0 Å². The van der Waals surface area contributed by atoms with Crippen molar-refractivity contribution in [1.29, 1.82) is 0 Å². The van der Waals surface area contributed by atoms with E-state index in [0.29, 0.717) is 6.54 Å². The van der Waals surface area contributed by atoms with E-state index in [-0.39, 0.29) is 5.56 Å². The van der Waals surface area contributed by atoms with E-state index >= 15 is 0 Å². The highest BCUT2D eigenvalue weighted by Crippen LogP contribution is 2.12. The highest BCUT2D eigenvalue weighted by molar-refractivity contribution is 7.15. The van der Waals surface area contributed by atoms with E-state index in [1.54, 1.807) is 17.4 Å². The standard InChI is InChI=1S/C13H13N5OS/c19-12-5-9-6-14-2-1-11(9)16-18(12)8-10-7-17-3-4-20-13(17)15-10/h3-5,7,14H,1-2,6,8H2. The molecule has 20 heavy (non-hydrogen) atoms. The van der Waals surface area contributed by atoms with Gasteiger partial charge in [0.15, 0.2) is 4.96 Å². The van der Waals surface area contributed by atoms with Crippen LogP contribution >= 0.6 is 11.3 Å². The van der Waals surface area contributed by atoms with Gasteiger partial charge in [-0.15, -0.1) is 11.3 Å². The van der Waals surface area contributed by atoms with Crippen LogP contribution in [0.25, 0.3) is 4.96 Å². The molecule has 0 atom stereocenters. The molecule has 4 rings (SSSR count). The molecule has 1 N–H and O–H groups in total. The van der Waals surface area contributed by atoms with Crippen molar-refractivity contribution in [2.24, 2.45) is 0 Å². The van der Waals surface area contributed by atoms with Gasteiger partial charge in [0.2, 0.25) is 0 Å². The Morgan fingerprint density at radius 1 is 1.45 bits per heavy atom. The summed E-state index contributed by atoms with van der Waals surface area (Å²) in [5.41, 5.74) is 2.83. The van der Waals surface area contributed by atoms with Crippen molar-refractivity contribution < 1.29 is 0 Å². The summed E-state index contributed by atoms with van der Waals surface area (Å²) in [4.78, 5) is 17.5. The second-order valence-corrected chi connectivity index (χ2v) is 5.74. The van der Waals surface area contributed by atoms with E-state index in [1.165, 1.54) is 4.68 Å². The number of thiazole rings is 1. The van der Waals surface area contributed by atoms with Crippen molar-refractivity contribution in [3.8, 4) is 0 Å². The maximum Gasteiger partial charge on any atom is 0.267 e. The lowest BCUT2D eigenvalue weighted by molar-refractivity contribution is 0.559. The van der Waals surface area contributed by atoms with Gasteiger partial charge < -0.3 is 5.32 Å². The van der Waals surface area contributed by atoms with E-state index in [1.807, 2.05) is 22.2 Å². The molecule has 0 radical (unpaired) electrons. The Balaban J connectivity index is 1.71. The number of imidazole rings is 1. The number of nitrogens with one attached hydrogen (secondary N) is 1. The summed E-state index contributed by atoms with van der Waals surface area (Å²) in [5.74, 6) is 0. The normalized spacial score (nSPS) is 14.6. The number of aromatic nitrogens is 4. The third-order valence-corrected chi connectivity index (χ3v) is 4.24. The summed E-state index contributed by atoms with van der Waals surface area (Å²) in [6.07, 6.45) is 4.78. The van der Waals surface area contributed by atoms with Crippen molar-refractivity contribution in [3.05, 3.63) is 51.1 Å². The first-order valence-electron chi connectivity index (χ1n) is 6.51.